The average molecular weight is 393 g/mol. The third-order valence-corrected chi connectivity index (χ3v) is 5.13. The van der Waals surface area contributed by atoms with Crippen LogP contribution in [0.3, 0.4) is 0 Å². The molecule has 2 atom stereocenters. The molecule has 2 aromatic rings. The molecule has 1 aromatic carbocycles. The van der Waals surface area contributed by atoms with Gasteiger partial charge in [-0.3, -0.25) is 4.79 Å². The minimum Gasteiger partial charge on any atom is -0.419 e. The van der Waals surface area contributed by atoms with Crippen molar-refractivity contribution in [1.29, 1.82) is 0 Å². The molecule has 1 saturated carbocycles. The summed E-state index contributed by atoms with van der Waals surface area (Å²) < 4.78 is 6.67. The Labute approximate surface area is 149 Å². The molecule has 1 heterocycles. The van der Waals surface area contributed by atoms with E-state index >= 15 is 0 Å². The Bertz CT molecular complexity index is 703. The molecular weight excluding hydrogens is 372 g/mol. The van der Waals surface area contributed by atoms with E-state index in [1.54, 1.807) is 7.05 Å². The summed E-state index contributed by atoms with van der Waals surface area (Å²) in [5, 5.41) is 14.4. The highest BCUT2D eigenvalue weighted by atomic mass is 79.9. The van der Waals surface area contributed by atoms with Crippen LogP contribution in [0.15, 0.2) is 33.2 Å². The maximum absolute atomic E-state index is 12.0. The van der Waals surface area contributed by atoms with Gasteiger partial charge >= 0.3 is 0 Å². The lowest BCUT2D eigenvalue weighted by Gasteiger charge is -2.30. The van der Waals surface area contributed by atoms with Crippen molar-refractivity contribution in [3.8, 4) is 11.5 Å². The first-order chi connectivity index (χ1) is 11.7. The third kappa shape index (κ3) is 3.84. The first-order valence-corrected chi connectivity index (χ1v) is 9.00. The molecule has 0 saturated heterocycles. The van der Waals surface area contributed by atoms with Gasteiger partial charge in [0.15, 0.2) is 0 Å². The zero-order chi connectivity index (χ0) is 16.9. The van der Waals surface area contributed by atoms with Gasteiger partial charge in [-0.2, -0.15) is 0 Å². The minimum atomic E-state index is 0.00871. The van der Waals surface area contributed by atoms with E-state index in [-0.39, 0.29) is 17.9 Å². The number of hydrogen-bond donors (Lipinski definition) is 2. The molecule has 24 heavy (non-hydrogen) atoms. The first-order valence-electron chi connectivity index (χ1n) is 8.21. The van der Waals surface area contributed by atoms with Crippen molar-refractivity contribution < 1.29 is 9.21 Å². The standard InChI is InChI=1S/C17H21BrN4O2/c1-19-16(23)12-7-3-5-9-14(12)20-10-15-21-22-17(24-15)11-6-2-4-8-13(11)18/h2,4,6,8,12,14,20H,3,5,7,9-10H2,1H3,(H,19,23)/t12-,14-/m1/s1. The predicted molar refractivity (Wildman–Crippen MR) is 94.1 cm³/mol. The number of benzene rings is 1. The van der Waals surface area contributed by atoms with Crippen LogP contribution in [0.2, 0.25) is 0 Å². The van der Waals surface area contributed by atoms with Crippen molar-refractivity contribution in [2.24, 2.45) is 5.92 Å². The summed E-state index contributed by atoms with van der Waals surface area (Å²) in [6, 6.07) is 7.88. The van der Waals surface area contributed by atoms with Gasteiger partial charge in [0.2, 0.25) is 17.7 Å². The van der Waals surface area contributed by atoms with Crippen LogP contribution in [-0.2, 0) is 11.3 Å². The summed E-state index contributed by atoms with van der Waals surface area (Å²) >= 11 is 3.49. The quantitative estimate of drug-likeness (QED) is 0.817. The third-order valence-electron chi connectivity index (χ3n) is 4.44. The molecule has 1 amide bonds. The van der Waals surface area contributed by atoms with Crippen LogP contribution in [0.5, 0.6) is 0 Å². The van der Waals surface area contributed by atoms with Gasteiger partial charge in [-0.15, -0.1) is 10.2 Å². The van der Waals surface area contributed by atoms with Crippen LogP contribution in [-0.4, -0.2) is 29.2 Å². The van der Waals surface area contributed by atoms with E-state index in [0.29, 0.717) is 18.3 Å². The number of nitrogens with one attached hydrogen (secondary N) is 2. The van der Waals surface area contributed by atoms with Crippen LogP contribution in [0.4, 0.5) is 0 Å². The molecule has 1 aliphatic rings. The van der Waals surface area contributed by atoms with E-state index in [4.69, 9.17) is 4.42 Å². The fourth-order valence-corrected chi connectivity index (χ4v) is 3.62. The zero-order valence-electron chi connectivity index (χ0n) is 13.6. The highest BCUT2D eigenvalue weighted by Gasteiger charge is 2.30. The fraction of sp³-hybridized carbons (Fsp3) is 0.471. The highest BCUT2D eigenvalue weighted by Crippen LogP contribution is 2.27. The average Bonchev–Trinajstić information content (AvgIpc) is 3.08. The molecule has 2 N–H and O–H groups in total. The van der Waals surface area contributed by atoms with E-state index in [0.717, 1.165) is 35.7 Å². The Balaban J connectivity index is 1.65. The lowest BCUT2D eigenvalue weighted by Crippen LogP contribution is -2.45. The Morgan fingerprint density at radius 1 is 1.29 bits per heavy atom. The van der Waals surface area contributed by atoms with Crippen LogP contribution < -0.4 is 10.6 Å². The number of nitrogens with zero attached hydrogens (tertiary/aromatic N) is 2. The first kappa shape index (κ1) is 17.1. The maximum atomic E-state index is 12.0. The summed E-state index contributed by atoms with van der Waals surface area (Å²) in [5.41, 5.74) is 0.872. The molecule has 0 spiro atoms. The molecule has 7 heteroatoms. The molecule has 3 rings (SSSR count). The molecule has 0 aliphatic heterocycles. The normalized spacial score (nSPS) is 20.8. The fourth-order valence-electron chi connectivity index (χ4n) is 3.16. The smallest absolute Gasteiger partial charge is 0.248 e. The predicted octanol–water partition coefficient (Wildman–Crippen LogP) is 2.89. The van der Waals surface area contributed by atoms with Crippen molar-refractivity contribution in [3.63, 3.8) is 0 Å². The number of rotatable bonds is 5. The van der Waals surface area contributed by atoms with Crippen LogP contribution in [0.25, 0.3) is 11.5 Å². The number of amides is 1. The van der Waals surface area contributed by atoms with Crippen molar-refractivity contribution in [2.45, 2.75) is 38.3 Å². The lowest BCUT2D eigenvalue weighted by atomic mass is 9.84. The molecule has 1 fully saturated rings. The Kier molecular flexibility index (Phi) is 5.63. The van der Waals surface area contributed by atoms with E-state index in [1.165, 1.54) is 0 Å². The van der Waals surface area contributed by atoms with Gasteiger partial charge in [-0.05, 0) is 40.9 Å². The second-order valence-electron chi connectivity index (χ2n) is 5.97. The summed E-state index contributed by atoms with van der Waals surface area (Å²) in [6.07, 6.45) is 4.15. The maximum Gasteiger partial charge on any atom is 0.248 e. The molecule has 0 bridgehead atoms. The van der Waals surface area contributed by atoms with Crippen molar-refractivity contribution >= 4 is 21.8 Å². The van der Waals surface area contributed by atoms with Crippen molar-refractivity contribution in [2.75, 3.05) is 7.05 Å². The van der Waals surface area contributed by atoms with E-state index in [1.807, 2.05) is 24.3 Å². The molecule has 1 aliphatic carbocycles. The largest absolute Gasteiger partial charge is 0.419 e. The molecule has 0 unspecified atom stereocenters. The minimum absolute atomic E-state index is 0.00871. The summed E-state index contributed by atoms with van der Waals surface area (Å²) in [4.78, 5) is 12.0. The second-order valence-corrected chi connectivity index (χ2v) is 6.83. The molecule has 0 radical (unpaired) electrons. The SMILES string of the molecule is CNC(=O)[C@@H]1CCCC[C@H]1NCc1nnc(-c2ccccc2Br)o1. The van der Waals surface area contributed by atoms with E-state index < -0.39 is 0 Å². The van der Waals surface area contributed by atoms with Crippen LogP contribution >= 0.6 is 15.9 Å². The van der Waals surface area contributed by atoms with Crippen molar-refractivity contribution in [3.05, 3.63) is 34.6 Å². The number of hydrogen-bond acceptors (Lipinski definition) is 5. The summed E-state index contributed by atoms with van der Waals surface area (Å²) in [7, 11) is 1.69. The molecule has 6 nitrogen and oxygen atoms in total. The van der Waals surface area contributed by atoms with Gasteiger partial charge in [-0.1, -0.05) is 25.0 Å². The number of aromatic nitrogens is 2. The van der Waals surface area contributed by atoms with E-state index in [2.05, 4.69) is 36.8 Å². The molecule has 128 valence electrons. The summed E-state index contributed by atoms with van der Waals surface area (Å²) in [6.45, 7) is 0.468. The summed E-state index contributed by atoms with van der Waals surface area (Å²) in [5.74, 6) is 1.13. The zero-order valence-corrected chi connectivity index (χ0v) is 15.2. The Hall–Kier alpha value is -1.73. The number of carbonyl (C=O) groups excluding carboxylic acids is 1. The monoisotopic (exact) mass is 392 g/mol. The van der Waals surface area contributed by atoms with Gasteiger partial charge in [0.05, 0.1) is 18.0 Å². The van der Waals surface area contributed by atoms with Gasteiger partial charge in [0.25, 0.3) is 0 Å². The number of carbonyl (C=O) groups is 1. The number of halogens is 1. The van der Waals surface area contributed by atoms with Crippen LogP contribution in [0.1, 0.15) is 31.6 Å². The topological polar surface area (TPSA) is 80.0 Å². The molecular formula is C17H21BrN4O2. The van der Waals surface area contributed by atoms with E-state index in [9.17, 15) is 4.79 Å². The lowest BCUT2D eigenvalue weighted by molar-refractivity contribution is -0.126. The van der Waals surface area contributed by atoms with Gasteiger partial charge in [-0.25, -0.2) is 0 Å². The Morgan fingerprint density at radius 2 is 2.08 bits per heavy atom. The van der Waals surface area contributed by atoms with Gasteiger partial charge in [0, 0.05) is 17.6 Å². The second kappa shape index (κ2) is 7.90. The molecule has 1 aromatic heterocycles. The Morgan fingerprint density at radius 3 is 2.88 bits per heavy atom. The van der Waals surface area contributed by atoms with Gasteiger partial charge in [0.1, 0.15) is 0 Å². The van der Waals surface area contributed by atoms with Gasteiger partial charge < -0.3 is 15.1 Å². The highest BCUT2D eigenvalue weighted by molar-refractivity contribution is 9.10. The van der Waals surface area contributed by atoms with Crippen LogP contribution in [0, 0.1) is 5.92 Å². The van der Waals surface area contributed by atoms with Crippen molar-refractivity contribution in [1.82, 2.24) is 20.8 Å².